The second kappa shape index (κ2) is 5.89. The molecule has 1 amide bonds. The zero-order valence-electron chi connectivity index (χ0n) is 12.3. The summed E-state index contributed by atoms with van der Waals surface area (Å²) >= 11 is 0. The van der Waals surface area contributed by atoms with Gasteiger partial charge in [-0.15, -0.1) is 0 Å². The molecule has 0 spiro atoms. The van der Waals surface area contributed by atoms with E-state index in [4.69, 9.17) is 11.5 Å². The largest absolute Gasteiger partial charge is 0.396 e. The molecule has 1 aliphatic heterocycles. The van der Waals surface area contributed by atoms with Crippen LogP contribution in [0.5, 0.6) is 0 Å². The Labute approximate surface area is 125 Å². The number of nitrogen functional groups attached to an aromatic ring is 1. The van der Waals surface area contributed by atoms with Gasteiger partial charge in [-0.3, -0.25) is 9.69 Å². The van der Waals surface area contributed by atoms with Crippen LogP contribution in [-0.4, -0.2) is 48.0 Å². The molecule has 6 heteroatoms. The van der Waals surface area contributed by atoms with E-state index < -0.39 is 5.91 Å². The topological polar surface area (TPSA) is 88.5 Å². The molecule has 1 aromatic heterocycles. The van der Waals surface area contributed by atoms with Gasteiger partial charge in [-0.1, -0.05) is 12.8 Å². The summed E-state index contributed by atoms with van der Waals surface area (Å²) in [7, 11) is 0. The third-order valence-corrected chi connectivity index (χ3v) is 4.61. The molecular formula is C15H23N5O. The van der Waals surface area contributed by atoms with Crippen molar-refractivity contribution in [2.45, 2.75) is 31.7 Å². The highest BCUT2D eigenvalue weighted by Gasteiger charge is 2.27. The summed E-state index contributed by atoms with van der Waals surface area (Å²) < 4.78 is 0. The Balaban J connectivity index is 1.68. The highest BCUT2D eigenvalue weighted by Crippen LogP contribution is 2.27. The van der Waals surface area contributed by atoms with E-state index >= 15 is 0 Å². The van der Waals surface area contributed by atoms with Gasteiger partial charge >= 0.3 is 0 Å². The number of carbonyl (C=O) groups excluding carboxylic acids is 1. The second-order valence-corrected chi connectivity index (χ2v) is 5.93. The van der Waals surface area contributed by atoms with Crippen LogP contribution in [0.25, 0.3) is 0 Å². The van der Waals surface area contributed by atoms with E-state index in [2.05, 4.69) is 14.8 Å². The van der Waals surface area contributed by atoms with E-state index in [-0.39, 0.29) is 5.69 Å². The molecule has 2 heterocycles. The molecule has 1 aliphatic carbocycles. The van der Waals surface area contributed by atoms with Gasteiger partial charge in [0.1, 0.15) is 5.69 Å². The average Bonchev–Trinajstić information content (AvgIpc) is 3.02. The lowest BCUT2D eigenvalue weighted by Gasteiger charge is -2.38. The molecule has 0 atom stereocenters. The van der Waals surface area contributed by atoms with Gasteiger partial charge in [0.25, 0.3) is 5.91 Å². The maximum atomic E-state index is 11.3. The SMILES string of the molecule is NC(=O)c1ccc(N)c(N2CCN(C3CCCC3)CC2)n1. The highest BCUT2D eigenvalue weighted by atomic mass is 16.1. The molecule has 114 valence electrons. The van der Waals surface area contributed by atoms with Crippen molar-refractivity contribution in [3.8, 4) is 0 Å². The number of hydrogen-bond donors (Lipinski definition) is 2. The minimum Gasteiger partial charge on any atom is -0.396 e. The smallest absolute Gasteiger partial charge is 0.267 e. The van der Waals surface area contributed by atoms with E-state index in [0.29, 0.717) is 11.5 Å². The summed E-state index contributed by atoms with van der Waals surface area (Å²) in [5.41, 5.74) is 12.2. The monoisotopic (exact) mass is 289 g/mol. The number of hydrogen-bond acceptors (Lipinski definition) is 5. The van der Waals surface area contributed by atoms with Crippen molar-refractivity contribution in [3.05, 3.63) is 17.8 Å². The van der Waals surface area contributed by atoms with Crippen LogP contribution in [0.1, 0.15) is 36.2 Å². The summed E-state index contributed by atoms with van der Waals surface area (Å²) in [6.45, 7) is 3.87. The Bertz CT molecular complexity index is 519. The van der Waals surface area contributed by atoms with Gasteiger partial charge in [0.15, 0.2) is 5.82 Å². The van der Waals surface area contributed by atoms with E-state index in [1.807, 2.05) is 0 Å². The number of carbonyl (C=O) groups is 1. The molecule has 3 rings (SSSR count). The van der Waals surface area contributed by atoms with Gasteiger partial charge in [0.2, 0.25) is 0 Å². The minimum atomic E-state index is -0.513. The minimum absolute atomic E-state index is 0.275. The first-order valence-corrected chi connectivity index (χ1v) is 7.70. The summed E-state index contributed by atoms with van der Waals surface area (Å²) in [6, 6.07) is 4.05. The Morgan fingerprint density at radius 1 is 1.14 bits per heavy atom. The number of pyridine rings is 1. The molecule has 2 aliphatic rings. The molecule has 2 fully saturated rings. The Morgan fingerprint density at radius 2 is 1.81 bits per heavy atom. The number of piperazine rings is 1. The van der Waals surface area contributed by atoms with Crippen molar-refractivity contribution in [3.63, 3.8) is 0 Å². The lowest BCUT2D eigenvalue weighted by Crippen LogP contribution is -2.50. The predicted octanol–water partition coefficient (Wildman–Crippen LogP) is 0.827. The molecular weight excluding hydrogens is 266 g/mol. The quantitative estimate of drug-likeness (QED) is 0.860. The highest BCUT2D eigenvalue weighted by molar-refractivity contribution is 5.91. The van der Waals surface area contributed by atoms with Gasteiger partial charge < -0.3 is 16.4 Å². The van der Waals surface area contributed by atoms with Crippen molar-refractivity contribution in [2.75, 3.05) is 36.8 Å². The number of amides is 1. The molecule has 1 saturated heterocycles. The molecule has 0 radical (unpaired) electrons. The van der Waals surface area contributed by atoms with E-state index in [0.717, 1.165) is 32.2 Å². The first-order valence-electron chi connectivity index (χ1n) is 7.70. The second-order valence-electron chi connectivity index (χ2n) is 5.93. The first kappa shape index (κ1) is 14.1. The molecule has 1 saturated carbocycles. The Kier molecular flexibility index (Phi) is 3.96. The fraction of sp³-hybridized carbons (Fsp3) is 0.600. The molecule has 0 aromatic carbocycles. The zero-order chi connectivity index (χ0) is 14.8. The fourth-order valence-corrected chi connectivity index (χ4v) is 3.42. The Morgan fingerprint density at radius 3 is 2.43 bits per heavy atom. The van der Waals surface area contributed by atoms with Gasteiger partial charge in [-0.25, -0.2) is 4.98 Å². The lowest BCUT2D eigenvalue weighted by molar-refractivity contribution is 0.0995. The number of rotatable bonds is 3. The van der Waals surface area contributed by atoms with Gasteiger partial charge in [0.05, 0.1) is 5.69 Å². The molecule has 21 heavy (non-hydrogen) atoms. The van der Waals surface area contributed by atoms with Crippen LogP contribution >= 0.6 is 0 Å². The van der Waals surface area contributed by atoms with E-state index in [1.165, 1.54) is 25.7 Å². The predicted molar refractivity (Wildman–Crippen MR) is 83.2 cm³/mol. The molecule has 4 N–H and O–H groups in total. The van der Waals surface area contributed by atoms with Gasteiger partial charge in [-0.05, 0) is 25.0 Å². The van der Waals surface area contributed by atoms with Crippen LogP contribution in [-0.2, 0) is 0 Å². The van der Waals surface area contributed by atoms with Crippen molar-refractivity contribution < 1.29 is 4.79 Å². The van der Waals surface area contributed by atoms with Gasteiger partial charge in [0, 0.05) is 32.2 Å². The fourth-order valence-electron chi connectivity index (χ4n) is 3.42. The number of nitrogens with two attached hydrogens (primary N) is 2. The van der Waals surface area contributed by atoms with Crippen LogP contribution in [0.3, 0.4) is 0 Å². The molecule has 0 bridgehead atoms. The summed E-state index contributed by atoms with van der Waals surface area (Å²) in [6.07, 6.45) is 5.38. The summed E-state index contributed by atoms with van der Waals surface area (Å²) in [4.78, 5) is 20.3. The van der Waals surface area contributed by atoms with Crippen molar-refractivity contribution in [2.24, 2.45) is 5.73 Å². The maximum absolute atomic E-state index is 11.3. The maximum Gasteiger partial charge on any atom is 0.267 e. The van der Waals surface area contributed by atoms with Crippen molar-refractivity contribution in [1.29, 1.82) is 0 Å². The third-order valence-electron chi connectivity index (χ3n) is 4.61. The van der Waals surface area contributed by atoms with Crippen molar-refractivity contribution in [1.82, 2.24) is 9.88 Å². The zero-order valence-corrected chi connectivity index (χ0v) is 12.3. The third kappa shape index (κ3) is 2.95. The van der Waals surface area contributed by atoms with E-state index in [9.17, 15) is 4.79 Å². The van der Waals surface area contributed by atoms with Crippen LogP contribution in [0.2, 0.25) is 0 Å². The van der Waals surface area contributed by atoms with Crippen molar-refractivity contribution >= 4 is 17.4 Å². The van der Waals surface area contributed by atoms with Crippen LogP contribution in [0, 0.1) is 0 Å². The number of primary amides is 1. The van der Waals surface area contributed by atoms with Crippen LogP contribution in [0.15, 0.2) is 12.1 Å². The molecule has 0 unspecified atom stereocenters. The number of aromatic nitrogens is 1. The number of anilines is 2. The van der Waals surface area contributed by atoms with Gasteiger partial charge in [-0.2, -0.15) is 0 Å². The average molecular weight is 289 g/mol. The summed E-state index contributed by atoms with van der Waals surface area (Å²) in [5, 5.41) is 0. The van der Waals surface area contributed by atoms with Crippen LogP contribution < -0.4 is 16.4 Å². The Hall–Kier alpha value is -1.82. The van der Waals surface area contributed by atoms with Crippen LogP contribution in [0.4, 0.5) is 11.5 Å². The lowest BCUT2D eigenvalue weighted by atomic mass is 10.1. The normalized spacial score (nSPS) is 20.9. The summed E-state index contributed by atoms with van der Waals surface area (Å²) in [5.74, 6) is 0.179. The van der Waals surface area contributed by atoms with E-state index in [1.54, 1.807) is 12.1 Å². The number of nitrogens with zero attached hydrogens (tertiary/aromatic N) is 3. The molecule has 6 nitrogen and oxygen atoms in total. The standard InChI is InChI=1S/C15H23N5O/c16-12-5-6-13(14(17)21)18-15(12)20-9-7-19(8-10-20)11-3-1-2-4-11/h5-6,11H,1-4,7-10,16H2,(H2,17,21). The first-order chi connectivity index (χ1) is 10.1. The molecule has 1 aromatic rings.